The Balaban J connectivity index is 1.98. The Hall–Kier alpha value is -3.31. The van der Waals surface area contributed by atoms with E-state index in [1.54, 1.807) is 37.3 Å². The Kier molecular flexibility index (Phi) is 8.80. The van der Waals surface area contributed by atoms with Crippen LogP contribution < -0.4 is 30.1 Å². The highest BCUT2D eigenvalue weighted by atomic mass is 32.2. The topological polar surface area (TPSA) is 140 Å². The molecule has 1 atom stereocenters. The normalized spacial score (nSPS) is 15.3. The van der Waals surface area contributed by atoms with Crippen LogP contribution in [0.1, 0.15) is 43.5 Å². The molecule has 2 amide bonds. The van der Waals surface area contributed by atoms with E-state index in [2.05, 4.69) is 10.0 Å². The summed E-state index contributed by atoms with van der Waals surface area (Å²) < 4.78 is 40.1. The molecule has 36 heavy (non-hydrogen) atoms. The molecule has 0 bridgehead atoms. The van der Waals surface area contributed by atoms with Crippen molar-refractivity contribution in [1.29, 1.82) is 0 Å². The van der Waals surface area contributed by atoms with Crippen LogP contribution in [-0.4, -0.2) is 53.6 Å². The molecule has 3 rings (SSSR count). The molecule has 10 nitrogen and oxygen atoms in total. The van der Waals surface area contributed by atoms with Crippen molar-refractivity contribution < 1.29 is 27.5 Å². The number of hydrogen-bond acceptors (Lipinski definition) is 7. The van der Waals surface area contributed by atoms with Crippen molar-refractivity contribution in [2.75, 3.05) is 37.5 Å². The predicted octanol–water partition coefficient (Wildman–Crippen LogP) is 2.73. The van der Waals surface area contributed by atoms with Gasteiger partial charge in [-0.1, -0.05) is 13.0 Å². The van der Waals surface area contributed by atoms with Crippen LogP contribution in [0.5, 0.6) is 11.5 Å². The number of nitrogens with zero attached hydrogens (tertiary/aromatic N) is 1. The van der Waals surface area contributed by atoms with Gasteiger partial charge in [-0.05, 0) is 56.5 Å². The van der Waals surface area contributed by atoms with E-state index >= 15 is 0 Å². The lowest BCUT2D eigenvalue weighted by Crippen LogP contribution is -2.40. The van der Waals surface area contributed by atoms with Gasteiger partial charge in [0.05, 0.1) is 19.9 Å². The lowest BCUT2D eigenvalue weighted by atomic mass is 9.96. The fourth-order valence-corrected chi connectivity index (χ4v) is 5.73. The van der Waals surface area contributed by atoms with Gasteiger partial charge in [0.1, 0.15) is 22.0 Å². The van der Waals surface area contributed by atoms with Gasteiger partial charge in [0.2, 0.25) is 15.9 Å². The Morgan fingerprint density at radius 3 is 2.25 bits per heavy atom. The molecule has 1 heterocycles. The second kappa shape index (κ2) is 11.6. The van der Waals surface area contributed by atoms with E-state index in [1.807, 2.05) is 11.8 Å². The summed E-state index contributed by atoms with van der Waals surface area (Å²) in [5.41, 5.74) is 6.45. The zero-order valence-corrected chi connectivity index (χ0v) is 21.9. The number of nitrogens with two attached hydrogens (primary N) is 1. The molecule has 11 heteroatoms. The molecule has 4 N–H and O–H groups in total. The fourth-order valence-electron chi connectivity index (χ4n) is 4.15. The number of sulfonamides is 1. The largest absolute Gasteiger partial charge is 0.496 e. The maximum absolute atomic E-state index is 13.4. The van der Waals surface area contributed by atoms with Crippen molar-refractivity contribution in [2.45, 2.75) is 44.0 Å². The van der Waals surface area contributed by atoms with Crippen LogP contribution in [0.3, 0.4) is 0 Å². The van der Waals surface area contributed by atoms with Gasteiger partial charge in [-0.15, -0.1) is 0 Å². The number of hydrogen-bond donors (Lipinski definition) is 3. The Bertz CT molecular complexity index is 1190. The molecule has 1 saturated heterocycles. The first kappa shape index (κ1) is 27.3. The molecule has 2 aromatic rings. The highest BCUT2D eigenvalue weighted by Crippen LogP contribution is 2.33. The minimum Gasteiger partial charge on any atom is -0.496 e. The number of primary amides is 1. The van der Waals surface area contributed by atoms with Gasteiger partial charge in [-0.25, -0.2) is 13.1 Å². The van der Waals surface area contributed by atoms with E-state index in [0.717, 1.165) is 0 Å². The first-order valence-electron chi connectivity index (χ1n) is 11.8. The van der Waals surface area contributed by atoms with Gasteiger partial charge in [0, 0.05) is 30.7 Å². The Labute approximate surface area is 212 Å². The van der Waals surface area contributed by atoms with Gasteiger partial charge < -0.3 is 25.4 Å². The first-order valence-corrected chi connectivity index (χ1v) is 13.3. The monoisotopic (exact) mass is 518 g/mol. The van der Waals surface area contributed by atoms with Gasteiger partial charge in [-0.3, -0.25) is 9.59 Å². The number of carbonyl (C=O) groups is 2. The third-order valence-corrected chi connectivity index (χ3v) is 7.99. The molecule has 1 fully saturated rings. The zero-order chi connectivity index (χ0) is 26.5. The third-order valence-electron chi connectivity index (χ3n) is 6.37. The molecule has 0 aliphatic carbocycles. The van der Waals surface area contributed by atoms with Crippen LogP contribution in [0.4, 0.5) is 11.4 Å². The summed E-state index contributed by atoms with van der Waals surface area (Å²) >= 11 is 0. The predicted molar refractivity (Wildman–Crippen MR) is 138 cm³/mol. The minimum absolute atomic E-state index is 0.0464. The molecule has 0 radical (unpaired) electrons. The molecule has 1 unspecified atom stereocenters. The number of methoxy groups -OCH3 is 2. The smallest absolute Gasteiger partial charge is 0.263 e. The fraction of sp³-hybridized carbons (Fsp3) is 0.440. The molecule has 0 spiro atoms. The number of ether oxygens (including phenoxy) is 2. The number of piperidine rings is 1. The summed E-state index contributed by atoms with van der Waals surface area (Å²) in [6, 6.07) is 9.47. The summed E-state index contributed by atoms with van der Waals surface area (Å²) in [5, 5.41) is 2.77. The first-order chi connectivity index (χ1) is 17.1. The zero-order valence-electron chi connectivity index (χ0n) is 21.0. The third kappa shape index (κ3) is 6.08. The standard InChI is InChI=1S/C25H34N4O6S/c1-5-16(2)28-36(32,33)22-15-18(9-10-19(22)29-13-11-17(12-14-29)24(26)30)27-25(31)23-20(34-3)7-6-8-21(23)35-4/h6-10,15-17,28H,5,11-14H2,1-4H3,(H2,26,30)(H,27,31). The highest BCUT2D eigenvalue weighted by Gasteiger charge is 2.29. The molecule has 2 aromatic carbocycles. The Morgan fingerprint density at radius 2 is 1.72 bits per heavy atom. The number of nitrogens with one attached hydrogen (secondary N) is 2. The number of rotatable bonds is 10. The van der Waals surface area contributed by atoms with Crippen LogP contribution in [0, 0.1) is 5.92 Å². The molecular weight excluding hydrogens is 484 g/mol. The highest BCUT2D eigenvalue weighted by molar-refractivity contribution is 7.89. The van der Waals surface area contributed by atoms with Crippen molar-refractivity contribution in [3.8, 4) is 11.5 Å². The van der Waals surface area contributed by atoms with E-state index < -0.39 is 15.9 Å². The summed E-state index contributed by atoms with van der Waals surface area (Å²) in [6.45, 7) is 4.66. The van der Waals surface area contributed by atoms with E-state index in [0.29, 0.717) is 55.2 Å². The van der Waals surface area contributed by atoms with Crippen molar-refractivity contribution >= 4 is 33.2 Å². The van der Waals surface area contributed by atoms with E-state index in [-0.39, 0.29) is 28.3 Å². The second-order valence-corrected chi connectivity index (χ2v) is 10.5. The van der Waals surface area contributed by atoms with Crippen molar-refractivity contribution in [3.63, 3.8) is 0 Å². The summed E-state index contributed by atoms with van der Waals surface area (Å²) in [4.78, 5) is 26.7. The molecule has 0 aromatic heterocycles. The Morgan fingerprint density at radius 1 is 1.11 bits per heavy atom. The van der Waals surface area contributed by atoms with Gasteiger partial charge >= 0.3 is 0 Å². The minimum atomic E-state index is -3.91. The summed E-state index contributed by atoms with van der Waals surface area (Å²) in [5.74, 6) is -0.420. The number of anilines is 2. The van der Waals surface area contributed by atoms with Crippen LogP contribution >= 0.6 is 0 Å². The van der Waals surface area contributed by atoms with Gasteiger partial charge in [0.25, 0.3) is 5.91 Å². The van der Waals surface area contributed by atoms with Crippen LogP contribution in [0.2, 0.25) is 0 Å². The molecule has 0 saturated carbocycles. The van der Waals surface area contributed by atoms with Gasteiger partial charge in [0.15, 0.2) is 0 Å². The maximum Gasteiger partial charge on any atom is 0.263 e. The van der Waals surface area contributed by atoms with Crippen molar-refractivity contribution in [1.82, 2.24) is 4.72 Å². The van der Waals surface area contributed by atoms with E-state index in [4.69, 9.17) is 15.2 Å². The second-order valence-electron chi connectivity index (χ2n) is 8.77. The van der Waals surface area contributed by atoms with E-state index in [1.165, 1.54) is 20.3 Å². The van der Waals surface area contributed by atoms with Gasteiger partial charge in [-0.2, -0.15) is 0 Å². The molecule has 1 aliphatic heterocycles. The SMILES string of the molecule is CCC(C)NS(=O)(=O)c1cc(NC(=O)c2c(OC)cccc2OC)ccc1N1CCC(C(N)=O)CC1. The lowest BCUT2D eigenvalue weighted by molar-refractivity contribution is -0.122. The number of amides is 2. The molecule has 1 aliphatic rings. The quantitative estimate of drug-likeness (QED) is 0.439. The van der Waals surface area contributed by atoms with E-state index in [9.17, 15) is 18.0 Å². The van der Waals surface area contributed by atoms with Crippen molar-refractivity contribution in [3.05, 3.63) is 42.0 Å². The number of carbonyl (C=O) groups excluding carboxylic acids is 2. The maximum atomic E-state index is 13.4. The molecule has 196 valence electrons. The summed E-state index contributed by atoms with van der Waals surface area (Å²) in [7, 11) is -1.01. The average Bonchev–Trinajstić information content (AvgIpc) is 2.87. The van der Waals surface area contributed by atoms with Crippen LogP contribution in [0.25, 0.3) is 0 Å². The average molecular weight is 519 g/mol. The van der Waals surface area contributed by atoms with Crippen molar-refractivity contribution in [2.24, 2.45) is 11.7 Å². The number of benzene rings is 2. The van der Waals surface area contributed by atoms with Crippen LogP contribution in [-0.2, 0) is 14.8 Å². The lowest BCUT2D eigenvalue weighted by Gasteiger charge is -2.33. The van der Waals surface area contributed by atoms with Crippen LogP contribution in [0.15, 0.2) is 41.3 Å². The molecular formula is C25H34N4O6S. The summed E-state index contributed by atoms with van der Waals surface area (Å²) in [6.07, 6.45) is 1.70.